The first-order valence-electron chi connectivity index (χ1n) is 16.6. The number of carbonyl (C=O) groups is 4. The van der Waals surface area contributed by atoms with Crippen molar-refractivity contribution in [2.45, 2.75) is 18.4 Å². The Morgan fingerprint density at radius 3 is 1.60 bits per heavy atom. The highest BCUT2D eigenvalue weighted by Gasteiger charge is 2.49. The molecule has 0 aromatic heterocycles. The average molecular weight is 655 g/mol. The second kappa shape index (κ2) is 14.4. The molecule has 6 heteroatoms. The maximum absolute atomic E-state index is 15.0. The lowest BCUT2D eigenvalue weighted by Crippen LogP contribution is -2.48. The van der Waals surface area contributed by atoms with Crippen molar-refractivity contribution in [2.24, 2.45) is 5.92 Å². The quantitative estimate of drug-likeness (QED) is 0.158. The van der Waals surface area contributed by atoms with Gasteiger partial charge in [-0.3, -0.25) is 24.1 Å². The normalized spacial score (nSPS) is 16.6. The van der Waals surface area contributed by atoms with E-state index in [1.165, 1.54) is 0 Å². The van der Waals surface area contributed by atoms with E-state index in [-0.39, 0.29) is 29.8 Å². The predicted molar refractivity (Wildman–Crippen MR) is 196 cm³/mol. The van der Waals surface area contributed by atoms with Gasteiger partial charge in [0, 0.05) is 46.0 Å². The Morgan fingerprint density at radius 1 is 0.500 bits per heavy atom. The summed E-state index contributed by atoms with van der Waals surface area (Å²) >= 11 is 0. The van der Waals surface area contributed by atoms with Gasteiger partial charge in [0.2, 0.25) is 0 Å². The number of carbonyl (C=O) groups excluding carboxylic acids is 4. The Balaban J connectivity index is 1.46. The van der Waals surface area contributed by atoms with Gasteiger partial charge in [0.05, 0.1) is 12.0 Å². The van der Waals surface area contributed by atoms with Gasteiger partial charge in [0.25, 0.3) is 11.8 Å². The van der Waals surface area contributed by atoms with Gasteiger partial charge in [0.1, 0.15) is 0 Å². The van der Waals surface area contributed by atoms with Crippen LogP contribution in [0.4, 0.5) is 11.4 Å². The maximum atomic E-state index is 15.0. The van der Waals surface area contributed by atoms with Crippen molar-refractivity contribution in [1.82, 2.24) is 0 Å². The molecule has 0 saturated heterocycles. The summed E-state index contributed by atoms with van der Waals surface area (Å²) in [5, 5.41) is 3.07. The van der Waals surface area contributed by atoms with E-state index in [4.69, 9.17) is 0 Å². The van der Waals surface area contributed by atoms with Crippen LogP contribution in [0.2, 0.25) is 0 Å². The number of ketones is 2. The van der Waals surface area contributed by atoms with Crippen LogP contribution in [0.5, 0.6) is 0 Å². The van der Waals surface area contributed by atoms with Crippen molar-refractivity contribution in [3.8, 4) is 0 Å². The summed E-state index contributed by atoms with van der Waals surface area (Å²) in [5.74, 6) is -2.44. The number of benzene rings is 6. The van der Waals surface area contributed by atoms with Gasteiger partial charge >= 0.3 is 0 Å². The molecule has 0 radical (unpaired) electrons. The molecular weight excluding hydrogens is 620 g/mol. The number of rotatable bonds is 9. The minimum Gasteiger partial charge on any atom is -0.322 e. The van der Waals surface area contributed by atoms with E-state index in [1.54, 1.807) is 83.8 Å². The van der Waals surface area contributed by atoms with Gasteiger partial charge in [-0.25, -0.2) is 0 Å². The molecule has 1 heterocycles. The van der Waals surface area contributed by atoms with Crippen molar-refractivity contribution in [2.75, 3.05) is 10.2 Å². The molecule has 1 aliphatic rings. The van der Waals surface area contributed by atoms with Crippen LogP contribution in [-0.4, -0.2) is 23.4 Å². The lowest BCUT2D eigenvalue weighted by molar-refractivity contribution is 0.0824. The van der Waals surface area contributed by atoms with Crippen LogP contribution in [-0.2, 0) is 0 Å². The van der Waals surface area contributed by atoms with Gasteiger partial charge in [-0.05, 0) is 47.5 Å². The summed E-state index contributed by atoms with van der Waals surface area (Å²) in [6, 6.07) is 49.8. The van der Waals surface area contributed by atoms with Crippen molar-refractivity contribution in [3.05, 3.63) is 203 Å². The molecule has 244 valence electrons. The first-order valence-corrected chi connectivity index (χ1v) is 16.6. The largest absolute Gasteiger partial charge is 0.322 e. The number of amides is 2. The zero-order valence-corrected chi connectivity index (χ0v) is 27.2. The number of para-hydroxylation sites is 2. The smallest absolute Gasteiger partial charge is 0.258 e. The molecule has 0 aliphatic carbocycles. The second-order valence-electron chi connectivity index (χ2n) is 12.3. The molecule has 0 unspecified atom stereocenters. The molecule has 1 N–H and O–H groups in total. The summed E-state index contributed by atoms with van der Waals surface area (Å²) in [6.07, 6.45) is 0.0344. The van der Waals surface area contributed by atoms with E-state index in [0.29, 0.717) is 39.2 Å². The number of anilines is 2. The first kappa shape index (κ1) is 32.2. The van der Waals surface area contributed by atoms with E-state index >= 15 is 4.79 Å². The third-order valence-electron chi connectivity index (χ3n) is 9.31. The molecule has 6 nitrogen and oxygen atoms in total. The van der Waals surface area contributed by atoms with Gasteiger partial charge in [-0.15, -0.1) is 0 Å². The van der Waals surface area contributed by atoms with Crippen molar-refractivity contribution in [3.63, 3.8) is 0 Å². The Bertz CT molecular complexity index is 2150. The van der Waals surface area contributed by atoms with E-state index in [1.807, 2.05) is 91.0 Å². The topological polar surface area (TPSA) is 83.6 Å². The van der Waals surface area contributed by atoms with Gasteiger partial charge in [-0.1, -0.05) is 133 Å². The Hall–Kier alpha value is -6.40. The zero-order chi connectivity index (χ0) is 34.5. The number of nitrogens with one attached hydrogen (secondary N) is 1. The fraction of sp³-hybridized carbons (Fsp3) is 0.0909. The number of nitrogens with zero attached hydrogens (tertiary/aromatic N) is 1. The molecule has 0 fully saturated rings. The average Bonchev–Trinajstić information content (AvgIpc) is 3.18. The highest BCUT2D eigenvalue weighted by atomic mass is 16.2. The molecular formula is C44H34N2O4. The Labute approximate surface area is 291 Å². The highest BCUT2D eigenvalue weighted by molar-refractivity contribution is 6.11. The molecule has 2 amide bonds. The monoisotopic (exact) mass is 654 g/mol. The van der Waals surface area contributed by atoms with Gasteiger partial charge in [0.15, 0.2) is 11.6 Å². The summed E-state index contributed by atoms with van der Waals surface area (Å²) in [4.78, 5) is 59.2. The van der Waals surface area contributed by atoms with Crippen LogP contribution < -0.4 is 10.2 Å². The fourth-order valence-corrected chi connectivity index (χ4v) is 6.98. The predicted octanol–water partition coefficient (Wildman–Crippen LogP) is 9.20. The number of hydrogen-bond donors (Lipinski definition) is 1. The SMILES string of the molecule is O=C(C[C@H]1c2ccccc2N(C(=O)c2ccccc2)[C@@H](c2ccccc2NC(=O)c2ccccc2)[C@@H]1C(=O)c1ccccc1)c1ccccc1. The van der Waals surface area contributed by atoms with Crippen LogP contribution in [0.1, 0.15) is 70.9 Å². The van der Waals surface area contributed by atoms with Crippen LogP contribution >= 0.6 is 0 Å². The van der Waals surface area contributed by atoms with Gasteiger partial charge < -0.3 is 5.32 Å². The molecule has 50 heavy (non-hydrogen) atoms. The lowest BCUT2D eigenvalue weighted by Gasteiger charge is -2.46. The third-order valence-corrected chi connectivity index (χ3v) is 9.31. The summed E-state index contributed by atoms with van der Waals surface area (Å²) < 4.78 is 0. The second-order valence-corrected chi connectivity index (χ2v) is 12.3. The van der Waals surface area contributed by atoms with Crippen molar-refractivity contribution < 1.29 is 19.2 Å². The minimum atomic E-state index is -0.901. The molecule has 1 aliphatic heterocycles. The van der Waals surface area contributed by atoms with Crippen LogP contribution in [0.25, 0.3) is 0 Å². The van der Waals surface area contributed by atoms with Crippen molar-refractivity contribution in [1.29, 1.82) is 0 Å². The Morgan fingerprint density at radius 2 is 0.980 bits per heavy atom. The molecule has 3 atom stereocenters. The minimum absolute atomic E-state index is 0.0344. The number of fused-ring (bicyclic) bond motifs is 1. The van der Waals surface area contributed by atoms with Crippen molar-refractivity contribution >= 4 is 34.8 Å². The fourth-order valence-electron chi connectivity index (χ4n) is 6.98. The maximum Gasteiger partial charge on any atom is 0.258 e. The Kier molecular flexibility index (Phi) is 9.25. The lowest BCUT2D eigenvalue weighted by atomic mass is 9.68. The molecule has 0 saturated carbocycles. The number of hydrogen-bond acceptors (Lipinski definition) is 4. The van der Waals surface area contributed by atoms with Crippen LogP contribution in [0.15, 0.2) is 170 Å². The highest BCUT2D eigenvalue weighted by Crippen LogP contribution is 2.53. The van der Waals surface area contributed by atoms with E-state index in [2.05, 4.69) is 5.32 Å². The zero-order valence-electron chi connectivity index (χ0n) is 27.2. The first-order chi connectivity index (χ1) is 24.5. The third kappa shape index (κ3) is 6.39. The molecule has 7 rings (SSSR count). The number of Topliss-reactive ketones (excluding diaryl/α,β-unsaturated/α-hetero) is 2. The van der Waals surface area contributed by atoms with Gasteiger partial charge in [-0.2, -0.15) is 0 Å². The van der Waals surface area contributed by atoms with Crippen LogP contribution in [0, 0.1) is 5.92 Å². The summed E-state index contributed by atoms with van der Waals surface area (Å²) in [5.41, 5.74) is 4.33. The molecule has 0 spiro atoms. The van der Waals surface area contributed by atoms with E-state index < -0.39 is 17.9 Å². The van der Waals surface area contributed by atoms with E-state index in [0.717, 1.165) is 5.56 Å². The molecule has 0 bridgehead atoms. The molecule has 6 aromatic carbocycles. The standard InChI is InChI=1S/C44H34N2O4/c47-39(30-17-5-1-6-18-30)29-36-34-25-14-16-28-38(34)46(44(50)33-23-11-4-12-24-33)41(40(36)42(48)31-19-7-2-8-20-31)35-26-13-15-27-37(35)45-43(49)32-21-9-3-10-22-32/h1-28,36,40-41H,29H2,(H,45,49)/t36-,40+,41-/m0/s1. The summed E-state index contributed by atoms with van der Waals surface area (Å²) in [7, 11) is 0. The van der Waals surface area contributed by atoms with E-state index in [9.17, 15) is 14.4 Å². The summed E-state index contributed by atoms with van der Waals surface area (Å²) in [6.45, 7) is 0. The molecule has 6 aromatic rings. The van der Waals surface area contributed by atoms with Crippen LogP contribution in [0.3, 0.4) is 0 Å².